The van der Waals surface area contributed by atoms with Gasteiger partial charge in [0.15, 0.2) is 5.78 Å². The molecule has 1 aromatic heterocycles. The molecule has 2 aromatic rings. The van der Waals surface area contributed by atoms with Gasteiger partial charge in [0.2, 0.25) is 0 Å². The molecule has 1 heterocycles. The van der Waals surface area contributed by atoms with E-state index in [9.17, 15) is 4.79 Å². The summed E-state index contributed by atoms with van der Waals surface area (Å²) in [5.74, 6) is 1.36. The van der Waals surface area contributed by atoms with Crippen LogP contribution >= 0.6 is 0 Å². The molecule has 0 N–H and O–H groups in total. The zero-order valence-electron chi connectivity index (χ0n) is 10.7. The number of aromatic nitrogens is 1. The highest BCUT2D eigenvalue weighted by Crippen LogP contribution is 2.23. The molecule has 0 spiro atoms. The van der Waals surface area contributed by atoms with Gasteiger partial charge >= 0.3 is 0 Å². The van der Waals surface area contributed by atoms with Crippen molar-refractivity contribution in [2.24, 2.45) is 0 Å². The highest BCUT2D eigenvalue weighted by molar-refractivity contribution is 5.92. The highest BCUT2D eigenvalue weighted by Gasteiger charge is 2.03. The third-order valence-electron chi connectivity index (χ3n) is 2.53. The van der Waals surface area contributed by atoms with Crippen molar-refractivity contribution >= 4 is 5.78 Å². The van der Waals surface area contributed by atoms with Crippen LogP contribution in [0.3, 0.4) is 0 Å². The van der Waals surface area contributed by atoms with Crippen molar-refractivity contribution in [2.75, 3.05) is 0 Å². The molecule has 0 fully saturated rings. The number of benzene rings is 1. The molecule has 1 aromatic carbocycles. The number of carbonyl (C=O) groups excluding carboxylic acids is 1. The maximum absolute atomic E-state index is 11.1. The molecular weight excluding hydrogens is 226 g/mol. The lowest BCUT2D eigenvalue weighted by atomic mass is 10.1. The van der Waals surface area contributed by atoms with Crippen LogP contribution in [0.5, 0.6) is 11.5 Å². The van der Waals surface area contributed by atoms with E-state index in [4.69, 9.17) is 4.74 Å². The van der Waals surface area contributed by atoms with Crippen molar-refractivity contribution in [3.63, 3.8) is 0 Å². The maximum Gasteiger partial charge on any atom is 0.178 e. The van der Waals surface area contributed by atoms with Gasteiger partial charge in [0.05, 0.1) is 6.20 Å². The lowest BCUT2D eigenvalue weighted by Gasteiger charge is -2.07. The van der Waals surface area contributed by atoms with Crippen LogP contribution < -0.4 is 4.74 Å². The van der Waals surface area contributed by atoms with E-state index < -0.39 is 0 Å². The summed E-state index contributed by atoms with van der Waals surface area (Å²) in [6.07, 6.45) is 1.56. The maximum atomic E-state index is 11.1. The number of nitrogens with zero attached hydrogens (tertiary/aromatic N) is 1. The van der Waals surface area contributed by atoms with Gasteiger partial charge in [-0.1, -0.05) is 6.07 Å². The number of pyridine rings is 1. The Labute approximate surface area is 106 Å². The Bertz CT molecular complexity index is 553. The summed E-state index contributed by atoms with van der Waals surface area (Å²) >= 11 is 0. The lowest BCUT2D eigenvalue weighted by Crippen LogP contribution is -1.96. The zero-order valence-corrected chi connectivity index (χ0v) is 10.7. The molecule has 92 valence electrons. The molecule has 18 heavy (non-hydrogen) atoms. The summed E-state index contributed by atoms with van der Waals surface area (Å²) < 4.78 is 5.70. The lowest BCUT2D eigenvalue weighted by molar-refractivity contribution is 0.101. The first-order chi connectivity index (χ1) is 8.54. The first-order valence-electron chi connectivity index (χ1n) is 5.78. The molecule has 2 rings (SSSR count). The van der Waals surface area contributed by atoms with Gasteiger partial charge in [-0.2, -0.15) is 0 Å². The predicted octanol–water partition coefficient (Wildman–Crippen LogP) is 3.69. The molecular formula is C15H15NO2. The normalized spacial score (nSPS) is 10.2. The molecule has 0 aliphatic rings. The van der Waals surface area contributed by atoms with Crippen LogP contribution in [-0.2, 0) is 0 Å². The first-order valence-corrected chi connectivity index (χ1v) is 5.78. The van der Waals surface area contributed by atoms with Gasteiger partial charge in [0.1, 0.15) is 17.2 Å². The Morgan fingerprint density at radius 3 is 2.22 bits per heavy atom. The van der Waals surface area contributed by atoms with Gasteiger partial charge in [0, 0.05) is 6.92 Å². The predicted molar refractivity (Wildman–Crippen MR) is 70.2 cm³/mol. The van der Waals surface area contributed by atoms with Gasteiger partial charge in [-0.25, -0.2) is 4.98 Å². The monoisotopic (exact) mass is 241 g/mol. The van der Waals surface area contributed by atoms with Crippen LogP contribution in [0.2, 0.25) is 0 Å². The summed E-state index contributed by atoms with van der Waals surface area (Å²) in [5, 5.41) is 0. The third-order valence-corrected chi connectivity index (χ3v) is 2.53. The van der Waals surface area contributed by atoms with Crippen molar-refractivity contribution in [2.45, 2.75) is 20.8 Å². The second-order valence-corrected chi connectivity index (χ2v) is 4.36. The molecule has 0 aliphatic carbocycles. The highest BCUT2D eigenvalue weighted by atomic mass is 16.5. The molecule has 0 atom stereocenters. The fourth-order valence-corrected chi connectivity index (χ4v) is 1.78. The summed E-state index contributed by atoms with van der Waals surface area (Å²) in [5.41, 5.74) is 2.75. The van der Waals surface area contributed by atoms with Crippen LogP contribution in [0.15, 0.2) is 36.5 Å². The van der Waals surface area contributed by atoms with Crippen LogP contribution in [0.1, 0.15) is 28.5 Å². The second kappa shape index (κ2) is 5.00. The Kier molecular flexibility index (Phi) is 3.42. The van der Waals surface area contributed by atoms with Gasteiger partial charge in [-0.3, -0.25) is 4.79 Å². The van der Waals surface area contributed by atoms with Gasteiger partial charge in [-0.15, -0.1) is 0 Å². The number of ketones is 1. The average Bonchev–Trinajstić information content (AvgIpc) is 2.28. The number of hydrogen-bond acceptors (Lipinski definition) is 3. The van der Waals surface area contributed by atoms with Crippen LogP contribution in [0.4, 0.5) is 0 Å². The molecule has 0 aliphatic heterocycles. The van der Waals surface area contributed by atoms with E-state index in [2.05, 4.69) is 11.1 Å². The molecule has 0 saturated carbocycles. The molecule has 0 amide bonds. The topological polar surface area (TPSA) is 39.2 Å². The van der Waals surface area contributed by atoms with E-state index in [-0.39, 0.29) is 5.78 Å². The average molecular weight is 241 g/mol. The summed E-state index contributed by atoms with van der Waals surface area (Å²) in [7, 11) is 0. The Balaban J connectivity index is 2.20. The van der Waals surface area contributed by atoms with Crippen LogP contribution in [0.25, 0.3) is 0 Å². The number of ether oxygens (including phenoxy) is 1. The van der Waals surface area contributed by atoms with Crippen LogP contribution in [-0.4, -0.2) is 10.8 Å². The van der Waals surface area contributed by atoms with Crippen molar-refractivity contribution in [3.8, 4) is 11.5 Å². The largest absolute Gasteiger partial charge is 0.456 e. The second-order valence-electron chi connectivity index (χ2n) is 4.36. The summed E-state index contributed by atoms with van der Waals surface area (Å²) in [6.45, 7) is 5.54. The minimum Gasteiger partial charge on any atom is -0.456 e. The van der Waals surface area contributed by atoms with Crippen LogP contribution in [0, 0.1) is 13.8 Å². The molecule has 3 nitrogen and oxygen atoms in total. The Morgan fingerprint density at radius 1 is 1.06 bits per heavy atom. The standard InChI is InChI=1S/C15H15NO2/c1-10-6-11(2)8-14(7-10)18-13-4-5-15(12(3)17)16-9-13/h4-9H,1-3H3. The van der Waals surface area contributed by atoms with E-state index in [1.165, 1.54) is 6.92 Å². The van der Waals surface area contributed by atoms with Gasteiger partial charge in [0.25, 0.3) is 0 Å². The quantitative estimate of drug-likeness (QED) is 0.769. The number of hydrogen-bond donors (Lipinski definition) is 0. The molecule has 0 radical (unpaired) electrons. The first kappa shape index (κ1) is 12.3. The smallest absolute Gasteiger partial charge is 0.178 e. The van der Waals surface area contributed by atoms with E-state index in [1.807, 2.05) is 26.0 Å². The van der Waals surface area contributed by atoms with Gasteiger partial charge in [-0.05, 0) is 49.2 Å². The van der Waals surface area contributed by atoms with E-state index >= 15 is 0 Å². The van der Waals surface area contributed by atoms with E-state index in [0.717, 1.165) is 16.9 Å². The summed E-state index contributed by atoms with van der Waals surface area (Å²) in [6, 6.07) is 9.43. The molecule has 3 heteroatoms. The fraction of sp³-hybridized carbons (Fsp3) is 0.200. The fourth-order valence-electron chi connectivity index (χ4n) is 1.78. The van der Waals surface area contributed by atoms with E-state index in [0.29, 0.717) is 11.4 Å². The minimum absolute atomic E-state index is 0.0482. The number of carbonyl (C=O) groups is 1. The number of Topliss-reactive ketones (excluding diaryl/α,β-unsaturated/α-hetero) is 1. The van der Waals surface area contributed by atoms with Gasteiger partial charge < -0.3 is 4.74 Å². The van der Waals surface area contributed by atoms with Crippen molar-refractivity contribution < 1.29 is 9.53 Å². The van der Waals surface area contributed by atoms with Crippen molar-refractivity contribution in [1.82, 2.24) is 4.98 Å². The van der Waals surface area contributed by atoms with Crippen molar-refractivity contribution in [3.05, 3.63) is 53.3 Å². The Morgan fingerprint density at radius 2 is 1.72 bits per heavy atom. The number of aryl methyl sites for hydroxylation is 2. The molecule has 0 bridgehead atoms. The third kappa shape index (κ3) is 2.94. The molecule has 0 saturated heterocycles. The minimum atomic E-state index is -0.0482. The SMILES string of the molecule is CC(=O)c1ccc(Oc2cc(C)cc(C)c2)cn1. The summed E-state index contributed by atoms with van der Waals surface area (Å²) in [4.78, 5) is 15.1. The number of rotatable bonds is 3. The molecule has 0 unspecified atom stereocenters. The zero-order chi connectivity index (χ0) is 13.1. The van der Waals surface area contributed by atoms with Crippen molar-refractivity contribution in [1.29, 1.82) is 0 Å². The van der Waals surface area contributed by atoms with E-state index in [1.54, 1.807) is 18.3 Å². The Hall–Kier alpha value is -2.16.